The summed E-state index contributed by atoms with van der Waals surface area (Å²) >= 11 is 0. The van der Waals surface area contributed by atoms with Crippen LogP contribution in [-0.2, 0) is 0 Å². The monoisotopic (exact) mass is 302 g/mol. The molecule has 1 aliphatic rings. The summed E-state index contributed by atoms with van der Waals surface area (Å²) in [6.45, 7) is 0.823. The Kier molecular flexibility index (Phi) is 3.54. The first-order valence-corrected chi connectivity index (χ1v) is 8.03. The summed E-state index contributed by atoms with van der Waals surface area (Å²) in [5.41, 5.74) is 2.96. The average molecular weight is 302 g/mol. The summed E-state index contributed by atoms with van der Waals surface area (Å²) < 4.78 is 0. The molecule has 0 bridgehead atoms. The van der Waals surface area contributed by atoms with Gasteiger partial charge in [-0.15, -0.1) is 0 Å². The molecule has 0 aliphatic carbocycles. The molecule has 23 heavy (non-hydrogen) atoms. The van der Waals surface area contributed by atoms with E-state index in [2.05, 4.69) is 23.2 Å². The van der Waals surface area contributed by atoms with E-state index >= 15 is 0 Å². The van der Waals surface area contributed by atoms with Gasteiger partial charge in [0.25, 0.3) is 5.91 Å². The molecule has 3 aromatic rings. The van der Waals surface area contributed by atoms with E-state index in [4.69, 9.17) is 0 Å². The van der Waals surface area contributed by atoms with Crippen LogP contribution in [0.4, 0.5) is 0 Å². The number of likely N-dealkylation sites (tertiary alicyclic amines) is 1. The zero-order chi connectivity index (χ0) is 15.6. The average Bonchev–Trinajstić information content (AvgIpc) is 3.11. The maximum atomic E-state index is 12.8. The molecule has 1 unspecified atom stereocenters. The number of aromatic nitrogens is 1. The topological polar surface area (TPSA) is 33.2 Å². The highest BCUT2D eigenvalue weighted by molar-refractivity contribution is 5.94. The first-order valence-electron chi connectivity index (χ1n) is 8.03. The van der Waals surface area contributed by atoms with Crippen molar-refractivity contribution in [2.24, 2.45) is 0 Å². The summed E-state index contributed by atoms with van der Waals surface area (Å²) in [6.07, 6.45) is 3.88. The molecule has 3 heteroatoms. The van der Waals surface area contributed by atoms with Crippen molar-refractivity contribution in [1.29, 1.82) is 0 Å². The van der Waals surface area contributed by atoms with Gasteiger partial charge in [-0.3, -0.25) is 9.78 Å². The van der Waals surface area contributed by atoms with Crippen LogP contribution in [0.3, 0.4) is 0 Å². The van der Waals surface area contributed by atoms with E-state index in [0.717, 1.165) is 35.9 Å². The number of pyridine rings is 1. The van der Waals surface area contributed by atoms with Gasteiger partial charge in [0.05, 0.1) is 11.6 Å². The van der Waals surface area contributed by atoms with Crippen molar-refractivity contribution in [3.8, 4) is 0 Å². The summed E-state index contributed by atoms with van der Waals surface area (Å²) in [4.78, 5) is 19.2. The van der Waals surface area contributed by atoms with Crippen molar-refractivity contribution in [2.75, 3.05) is 6.54 Å². The van der Waals surface area contributed by atoms with Crippen LogP contribution < -0.4 is 0 Å². The molecule has 1 saturated heterocycles. The third-order valence-electron chi connectivity index (χ3n) is 4.55. The second kappa shape index (κ2) is 5.84. The number of carbonyl (C=O) groups excluding carboxylic acids is 1. The van der Waals surface area contributed by atoms with Gasteiger partial charge < -0.3 is 4.90 Å². The number of rotatable bonds is 2. The van der Waals surface area contributed by atoms with Crippen LogP contribution in [0.25, 0.3) is 10.9 Å². The van der Waals surface area contributed by atoms with Crippen molar-refractivity contribution in [3.63, 3.8) is 0 Å². The summed E-state index contributed by atoms with van der Waals surface area (Å²) in [7, 11) is 0. The zero-order valence-electron chi connectivity index (χ0n) is 12.9. The highest BCUT2D eigenvalue weighted by Gasteiger charge is 2.30. The van der Waals surface area contributed by atoms with E-state index in [-0.39, 0.29) is 11.9 Å². The Morgan fingerprint density at radius 1 is 1.04 bits per heavy atom. The standard InChI is InChI=1S/C20H18N2O/c23-20(15-6-2-1-3-7-15)22-13-5-9-19(22)17-10-11-18-16(14-17)8-4-12-21-18/h1-4,6-8,10-12,14,19H,5,9,13H2. The third kappa shape index (κ3) is 2.59. The minimum Gasteiger partial charge on any atom is -0.332 e. The Labute approximate surface area is 135 Å². The van der Waals surface area contributed by atoms with Gasteiger partial charge in [-0.25, -0.2) is 0 Å². The largest absolute Gasteiger partial charge is 0.332 e. The second-order valence-corrected chi connectivity index (χ2v) is 5.98. The fourth-order valence-electron chi connectivity index (χ4n) is 3.40. The lowest BCUT2D eigenvalue weighted by Gasteiger charge is -2.25. The number of hydrogen-bond donors (Lipinski definition) is 0. The lowest BCUT2D eigenvalue weighted by molar-refractivity contribution is 0.0735. The molecule has 0 spiro atoms. The van der Waals surface area contributed by atoms with Crippen LogP contribution in [0.5, 0.6) is 0 Å². The molecule has 114 valence electrons. The van der Waals surface area contributed by atoms with Gasteiger partial charge in [-0.2, -0.15) is 0 Å². The quantitative estimate of drug-likeness (QED) is 0.710. The van der Waals surface area contributed by atoms with Crippen LogP contribution in [-0.4, -0.2) is 22.3 Å². The summed E-state index contributed by atoms with van der Waals surface area (Å²) in [5.74, 6) is 0.124. The molecule has 0 N–H and O–H groups in total. The van der Waals surface area contributed by atoms with Crippen LogP contribution >= 0.6 is 0 Å². The van der Waals surface area contributed by atoms with Crippen LogP contribution in [0.2, 0.25) is 0 Å². The number of hydrogen-bond acceptors (Lipinski definition) is 2. The second-order valence-electron chi connectivity index (χ2n) is 5.98. The fraction of sp³-hybridized carbons (Fsp3) is 0.200. The van der Waals surface area contributed by atoms with Crippen molar-refractivity contribution < 1.29 is 4.79 Å². The van der Waals surface area contributed by atoms with Crippen molar-refractivity contribution in [1.82, 2.24) is 9.88 Å². The predicted molar refractivity (Wildman–Crippen MR) is 91.2 cm³/mol. The molecule has 0 radical (unpaired) electrons. The zero-order valence-corrected chi connectivity index (χ0v) is 12.9. The molecule has 1 atom stereocenters. The Bertz CT molecular complexity index is 844. The van der Waals surface area contributed by atoms with E-state index in [0.29, 0.717) is 0 Å². The van der Waals surface area contributed by atoms with Gasteiger partial charge in [-0.05, 0) is 48.7 Å². The molecule has 3 nitrogen and oxygen atoms in total. The van der Waals surface area contributed by atoms with Crippen molar-refractivity contribution in [3.05, 3.63) is 78.0 Å². The van der Waals surface area contributed by atoms with Crippen LogP contribution in [0.15, 0.2) is 66.9 Å². The Balaban J connectivity index is 1.67. The normalized spacial score (nSPS) is 17.6. The van der Waals surface area contributed by atoms with Crippen molar-refractivity contribution >= 4 is 16.8 Å². The molecule has 2 heterocycles. The van der Waals surface area contributed by atoms with Gasteiger partial charge in [-0.1, -0.05) is 30.3 Å². The maximum absolute atomic E-state index is 12.8. The molecule has 1 aliphatic heterocycles. The number of carbonyl (C=O) groups is 1. The molecule has 1 aromatic heterocycles. The highest BCUT2D eigenvalue weighted by Crippen LogP contribution is 2.34. The number of fused-ring (bicyclic) bond motifs is 1. The Morgan fingerprint density at radius 3 is 2.78 bits per heavy atom. The first-order chi connectivity index (χ1) is 11.3. The minimum absolute atomic E-state index is 0.124. The number of amides is 1. The molecule has 1 fully saturated rings. The third-order valence-corrected chi connectivity index (χ3v) is 4.55. The lowest BCUT2D eigenvalue weighted by Crippen LogP contribution is -2.30. The fourth-order valence-corrected chi connectivity index (χ4v) is 3.40. The maximum Gasteiger partial charge on any atom is 0.254 e. The molecule has 4 rings (SSSR count). The molecular weight excluding hydrogens is 284 g/mol. The number of nitrogens with zero attached hydrogens (tertiary/aromatic N) is 2. The van der Waals surface area contributed by atoms with E-state index in [1.165, 1.54) is 5.56 Å². The lowest BCUT2D eigenvalue weighted by atomic mass is 10.0. The molecular formula is C20H18N2O. The summed E-state index contributed by atoms with van der Waals surface area (Å²) in [6, 6.07) is 20.1. The van der Waals surface area contributed by atoms with Gasteiger partial charge >= 0.3 is 0 Å². The van der Waals surface area contributed by atoms with E-state index < -0.39 is 0 Å². The van der Waals surface area contributed by atoms with Gasteiger partial charge in [0.15, 0.2) is 0 Å². The predicted octanol–water partition coefficient (Wildman–Crippen LogP) is 4.21. The van der Waals surface area contributed by atoms with Crippen LogP contribution in [0.1, 0.15) is 34.8 Å². The molecule has 2 aromatic carbocycles. The Hall–Kier alpha value is -2.68. The van der Waals surface area contributed by atoms with Crippen LogP contribution in [0, 0.1) is 0 Å². The van der Waals surface area contributed by atoms with Gasteiger partial charge in [0, 0.05) is 23.7 Å². The number of benzene rings is 2. The Morgan fingerprint density at radius 2 is 1.91 bits per heavy atom. The first kappa shape index (κ1) is 13.9. The summed E-state index contributed by atoms with van der Waals surface area (Å²) in [5, 5.41) is 1.13. The minimum atomic E-state index is 0.124. The molecule has 1 amide bonds. The van der Waals surface area contributed by atoms with Gasteiger partial charge in [0.2, 0.25) is 0 Å². The van der Waals surface area contributed by atoms with Crippen molar-refractivity contribution in [2.45, 2.75) is 18.9 Å². The molecule has 0 saturated carbocycles. The van der Waals surface area contributed by atoms with E-state index in [9.17, 15) is 4.79 Å². The van der Waals surface area contributed by atoms with E-state index in [1.54, 1.807) is 0 Å². The smallest absolute Gasteiger partial charge is 0.254 e. The van der Waals surface area contributed by atoms with E-state index in [1.807, 2.05) is 53.6 Å². The highest BCUT2D eigenvalue weighted by atomic mass is 16.2. The van der Waals surface area contributed by atoms with Gasteiger partial charge in [0.1, 0.15) is 0 Å². The SMILES string of the molecule is O=C(c1ccccc1)N1CCCC1c1ccc2ncccc2c1.